The van der Waals surface area contributed by atoms with Crippen molar-refractivity contribution in [3.05, 3.63) is 95.1 Å². The molecule has 1 aliphatic heterocycles. The number of hydrogen-bond acceptors (Lipinski definition) is 6. The molecule has 2 aromatic heterocycles. The smallest absolute Gasteiger partial charge is 0.300 e. The number of aromatic nitrogens is 3. The van der Waals surface area contributed by atoms with Crippen molar-refractivity contribution in [2.45, 2.75) is 32.2 Å². The molecule has 1 fully saturated rings. The number of carbonyl (C=O) groups excluding carboxylic acids is 2. The van der Waals surface area contributed by atoms with Crippen LogP contribution in [0.1, 0.15) is 57.5 Å². The van der Waals surface area contributed by atoms with Crippen LogP contribution in [0.15, 0.2) is 67.0 Å². The molecule has 4 aromatic rings. The molecule has 0 bridgehead atoms. The van der Waals surface area contributed by atoms with Gasteiger partial charge in [0.15, 0.2) is 17.2 Å². The van der Waals surface area contributed by atoms with E-state index >= 15 is 0 Å². The lowest BCUT2D eigenvalue weighted by Gasteiger charge is -2.33. The van der Waals surface area contributed by atoms with Crippen molar-refractivity contribution in [3.63, 3.8) is 0 Å². The van der Waals surface area contributed by atoms with E-state index in [9.17, 15) is 22.4 Å². The van der Waals surface area contributed by atoms with Gasteiger partial charge >= 0.3 is 10.2 Å². The van der Waals surface area contributed by atoms with Crippen LogP contribution in [0.3, 0.4) is 0 Å². The lowest BCUT2D eigenvalue weighted by atomic mass is 9.89. The lowest BCUT2D eigenvalue weighted by molar-refractivity contribution is 0.0712. The summed E-state index contributed by atoms with van der Waals surface area (Å²) in [6.07, 6.45) is 3.98. The van der Waals surface area contributed by atoms with Gasteiger partial charge in [-0.25, -0.2) is 18.8 Å². The molecule has 0 atom stereocenters. The number of ketones is 1. The molecule has 202 valence electrons. The number of nitrogens with two attached hydrogens (primary N) is 1. The van der Waals surface area contributed by atoms with Crippen LogP contribution in [0.5, 0.6) is 0 Å². The molecule has 0 unspecified atom stereocenters. The average molecular weight is 551 g/mol. The third-order valence-corrected chi connectivity index (χ3v) is 7.84. The monoisotopic (exact) mass is 550 g/mol. The molecule has 12 heteroatoms. The first-order chi connectivity index (χ1) is 18.6. The predicted octanol–water partition coefficient (Wildman–Crippen LogP) is 3.30. The van der Waals surface area contributed by atoms with Gasteiger partial charge in [-0.05, 0) is 48.9 Å². The molecule has 5 rings (SSSR count). The van der Waals surface area contributed by atoms with E-state index in [1.54, 1.807) is 11.0 Å². The number of nitrogens with zero attached hydrogens (tertiary/aromatic N) is 5. The van der Waals surface area contributed by atoms with Gasteiger partial charge in [0, 0.05) is 19.3 Å². The van der Waals surface area contributed by atoms with Crippen LogP contribution in [0, 0.1) is 5.82 Å². The van der Waals surface area contributed by atoms with Gasteiger partial charge in [-0.2, -0.15) is 18.0 Å². The second-order valence-electron chi connectivity index (χ2n) is 9.50. The van der Waals surface area contributed by atoms with Crippen molar-refractivity contribution in [2.75, 3.05) is 17.4 Å². The summed E-state index contributed by atoms with van der Waals surface area (Å²) < 4.78 is 41.7. The van der Waals surface area contributed by atoms with Gasteiger partial charge in [-0.1, -0.05) is 42.5 Å². The third kappa shape index (κ3) is 5.38. The van der Waals surface area contributed by atoms with Crippen molar-refractivity contribution < 1.29 is 22.4 Å². The van der Waals surface area contributed by atoms with E-state index in [1.165, 1.54) is 43.1 Å². The molecule has 1 aliphatic rings. The molecule has 1 saturated heterocycles. The summed E-state index contributed by atoms with van der Waals surface area (Å²) in [4.78, 5) is 32.0. The van der Waals surface area contributed by atoms with E-state index in [1.807, 2.05) is 18.2 Å². The Morgan fingerprint density at radius 3 is 2.41 bits per heavy atom. The molecule has 0 saturated carbocycles. The number of benzene rings is 2. The lowest BCUT2D eigenvalue weighted by Crippen LogP contribution is -2.42. The molecule has 0 radical (unpaired) electrons. The summed E-state index contributed by atoms with van der Waals surface area (Å²) in [5.41, 5.74) is 1.68. The van der Waals surface area contributed by atoms with E-state index in [2.05, 4.69) is 22.2 Å². The highest BCUT2D eigenvalue weighted by Gasteiger charge is 2.33. The van der Waals surface area contributed by atoms with Gasteiger partial charge in [0.1, 0.15) is 11.4 Å². The normalized spacial score (nSPS) is 14.5. The van der Waals surface area contributed by atoms with E-state index in [-0.39, 0.29) is 34.9 Å². The van der Waals surface area contributed by atoms with Crippen molar-refractivity contribution in [1.29, 1.82) is 0 Å². The van der Waals surface area contributed by atoms with Crippen molar-refractivity contribution in [3.8, 4) is 0 Å². The molecule has 0 aliphatic carbocycles. The zero-order valence-electron chi connectivity index (χ0n) is 21.2. The maximum atomic E-state index is 13.9. The highest BCUT2D eigenvalue weighted by Crippen LogP contribution is 2.31. The fraction of sp³-hybridized carbons (Fsp3) is 0.259. The summed E-state index contributed by atoms with van der Waals surface area (Å²) in [6.45, 7) is 1.86. The Balaban J connectivity index is 1.57. The van der Waals surface area contributed by atoms with Crippen LogP contribution < -0.4 is 9.44 Å². The molecule has 3 heterocycles. The van der Waals surface area contributed by atoms with Gasteiger partial charge in [-0.3, -0.25) is 9.59 Å². The second kappa shape index (κ2) is 10.5. The van der Waals surface area contributed by atoms with Gasteiger partial charge in [0.2, 0.25) is 0 Å². The van der Waals surface area contributed by atoms with Gasteiger partial charge < -0.3 is 4.90 Å². The summed E-state index contributed by atoms with van der Waals surface area (Å²) in [5, 5.41) is 9.84. The number of Topliss-reactive ketones (excluding diaryl/α,β-unsaturated/α-hetero) is 1. The molecular formula is C27H27FN6O4S. The average Bonchev–Trinajstić information content (AvgIpc) is 3.36. The maximum Gasteiger partial charge on any atom is 0.300 e. The molecule has 2 aromatic carbocycles. The predicted molar refractivity (Wildman–Crippen MR) is 143 cm³/mol. The molecular weight excluding hydrogens is 523 g/mol. The Labute approximate surface area is 225 Å². The van der Waals surface area contributed by atoms with Crippen LogP contribution in [0.4, 0.5) is 10.2 Å². The highest BCUT2D eigenvalue weighted by molar-refractivity contribution is 7.90. The van der Waals surface area contributed by atoms with Crippen molar-refractivity contribution in [2.24, 2.45) is 5.14 Å². The van der Waals surface area contributed by atoms with Gasteiger partial charge in [0.05, 0.1) is 18.3 Å². The van der Waals surface area contributed by atoms with Crippen LogP contribution in [-0.4, -0.2) is 52.7 Å². The number of fused-ring (bicyclic) bond motifs is 1. The zero-order chi connectivity index (χ0) is 27.7. The number of anilines is 1. The number of carbonyl (C=O) groups is 2. The number of piperidine rings is 1. The van der Waals surface area contributed by atoms with E-state index in [0.29, 0.717) is 24.6 Å². The Morgan fingerprint density at radius 1 is 1.05 bits per heavy atom. The van der Waals surface area contributed by atoms with Crippen LogP contribution in [0.25, 0.3) is 5.65 Å². The Kier molecular flexibility index (Phi) is 7.15. The number of hydrogen-bond donors (Lipinski definition) is 1. The van der Waals surface area contributed by atoms with Gasteiger partial charge in [-0.15, -0.1) is 0 Å². The summed E-state index contributed by atoms with van der Waals surface area (Å²) >= 11 is 0. The van der Waals surface area contributed by atoms with Crippen molar-refractivity contribution in [1.82, 2.24) is 19.5 Å². The largest absolute Gasteiger partial charge is 0.338 e. The van der Waals surface area contributed by atoms with Crippen LogP contribution in [0.2, 0.25) is 0 Å². The molecule has 0 spiro atoms. The van der Waals surface area contributed by atoms with Crippen LogP contribution in [-0.2, 0) is 16.8 Å². The molecule has 1 amide bonds. The minimum absolute atomic E-state index is 0.0516. The summed E-state index contributed by atoms with van der Waals surface area (Å²) in [7, 11) is -4.50. The standard InChI is InChI=1S/C27H27FN6O4S/c1-18(35)23-16-31-34-25(23)30-15-24(26(34)33(39(29,37)38)17-19-6-5-9-22(28)14-19)27(36)32-12-10-21(11-13-32)20-7-3-2-4-8-20/h2-9,14-16,21H,10-13,17H2,1H3,(H2,29,37,38). The van der Waals surface area contributed by atoms with E-state index < -0.39 is 21.9 Å². The summed E-state index contributed by atoms with van der Waals surface area (Å²) in [6, 6.07) is 15.5. The van der Waals surface area contributed by atoms with E-state index in [0.717, 1.165) is 21.7 Å². The van der Waals surface area contributed by atoms with Gasteiger partial charge in [0.25, 0.3) is 5.91 Å². The summed E-state index contributed by atoms with van der Waals surface area (Å²) in [5.74, 6) is -1.21. The zero-order valence-corrected chi connectivity index (χ0v) is 22.0. The first kappa shape index (κ1) is 26.4. The number of likely N-dealkylation sites (tertiary alicyclic amines) is 1. The van der Waals surface area contributed by atoms with E-state index in [4.69, 9.17) is 5.14 Å². The Bertz CT molecular complexity index is 1650. The first-order valence-electron chi connectivity index (χ1n) is 12.4. The second-order valence-corrected chi connectivity index (χ2v) is 11.0. The fourth-order valence-electron chi connectivity index (χ4n) is 4.96. The quantitative estimate of drug-likeness (QED) is 0.351. The maximum absolute atomic E-state index is 13.9. The SMILES string of the molecule is CC(=O)c1cnn2c(N(Cc3cccc(F)c3)S(N)(=O)=O)c(C(=O)N3CCC(c4ccccc4)CC3)cnc12. The van der Waals surface area contributed by atoms with Crippen molar-refractivity contribution >= 4 is 33.4 Å². The topological polar surface area (TPSA) is 131 Å². The third-order valence-electron chi connectivity index (χ3n) is 6.92. The highest BCUT2D eigenvalue weighted by atomic mass is 32.2. The van der Waals surface area contributed by atoms with Crippen LogP contribution >= 0.6 is 0 Å². The molecule has 39 heavy (non-hydrogen) atoms. The Morgan fingerprint density at radius 2 is 1.77 bits per heavy atom. The molecule has 2 N–H and O–H groups in total. The minimum atomic E-state index is -4.50. The molecule has 10 nitrogen and oxygen atoms in total. The number of amides is 1. The Hall–Kier alpha value is -4.16. The number of halogens is 1. The minimum Gasteiger partial charge on any atom is -0.338 e. The number of rotatable bonds is 7. The first-order valence-corrected chi connectivity index (χ1v) is 13.9. The fourth-order valence-corrected chi connectivity index (χ4v) is 5.70.